The van der Waals surface area contributed by atoms with Crippen LogP contribution in [0.1, 0.15) is 39.1 Å². The summed E-state index contributed by atoms with van der Waals surface area (Å²) in [6.45, 7) is 0.271. The maximum absolute atomic E-state index is 12.5. The Morgan fingerprint density at radius 3 is 2.14 bits per heavy atom. The Morgan fingerprint density at radius 1 is 1.03 bits per heavy atom. The number of rotatable bonds is 8. The minimum atomic E-state index is -1.41. The summed E-state index contributed by atoms with van der Waals surface area (Å²) in [7, 11) is 1.56. The van der Waals surface area contributed by atoms with E-state index in [1.165, 1.54) is 12.1 Å². The van der Waals surface area contributed by atoms with Crippen LogP contribution in [0.2, 0.25) is 0 Å². The Labute approximate surface area is 167 Å². The van der Waals surface area contributed by atoms with Crippen LogP contribution in [0.15, 0.2) is 48.5 Å². The van der Waals surface area contributed by atoms with Crippen LogP contribution < -0.4 is 10.1 Å². The van der Waals surface area contributed by atoms with Gasteiger partial charge in [0.25, 0.3) is 11.8 Å². The molecule has 1 atom stereocenters. The van der Waals surface area contributed by atoms with Crippen molar-refractivity contribution >= 4 is 23.7 Å². The summed E-state index contributed by atoms with van der Waals surface area (Å²) < 4.78 is 5.07. The molecule has 0 saturated carbocycles. The van der Waals surface area contributed by atoms with E-state index < -0.39 is 23.8 Å². The van der Waals surface area contributed by atoms with Crippen molar-refractivity contribution in [3.8, 4) is 5.75 Å². The monoisotopic (exact) mass is 396 g/mol. The summed E-state index contributed by atoms with van der Waals surface area (Å²) in [5.74, 6) is -2.32. The molecule has 0 fully saturated rings. The molecular weight excluding hydrogens is 376 g/mol. The molecule has 0 saturated heterocycles. The number of benzene rings is 2. The summed E-state index contributed by atoms with van der Waals surface area (Å²) in [6.07, 6.45) is -0.310. The normalized spacial score (nSPS) is 13.8. The molecule has 0 aromatic heterocycles. The first kappa shape index (κ1) is 20.1. The fourth-order valence-electron chi connectivity index (χ4n) is 3.15. The molecule has 0 bridgehead atoms. The largest absolute Gasteiger partial charge is 0.497 e. The highest BCUT2D eigenvalue weighted by molar-refractivity contribution is 6.22. The second kappa shape index (κ2) is 8.55. The first-order valence-electron chi connectivity index (χ1n) is 9.01. The van der Waals surface area contributed by atoms with Gasteiger partial charge in [-0.25, -0.2) is 4.79 Å². The minimum absolute atomic E-state index is 0.138. The third kappa shape index (κ3) is 4.26. The molecular formula is C21H20N2O6. The molecule has 0 spiro atoms. The number of hydrogen-bond donors (Lipinski definition) is 2. The first-order chi connectivity index (χ1) is 13.9. The van der Waals surface area contributed by atoms with Crippen molar-refractivity contribution in [3.63, 3.8) is 0 Å². The van der Waals surface area contributed by atoms with Gasteiger partial charge >= 0.3 is 5.97 Å². The second-order valence-corrected chi connectivity index (χ2v) is 6.54. The number of amides is 3. The van der Waals surface area contributed by atoms with Crippen LogP contribution >= 0.6 is 0 Å². The number of ether oxygens (including phenoxy) is 1. The van der Waals surface area contributed by atoms with E-state index in [1.807, 2.05) is 0 Å². The number of nitrogens with one attached hydrogen (secondary N) is 1. The van der Waals surface area contributed by atoms with E-state index in [0.717, 1.165) is 10.5 Å². The Hall–Kier alpha value is -3.68. The van der Waals surface area contributed by atoms with Crippen molar-refractivity contribution in [1.82, 2.24) is 10.2 Å². The molecule has 0 unspecified atom stereocenters. The van der Waals surface area contributed by atoms with Crippen molar-refractivity contribution < 1.29 is 29.0 Å². The number of nitrogens with zero attached hydrogens (tertiary/aromatic N) is 1. The smallest absolute Gasteiger partial charge is 0.326 e. The lowest BCUT2D eigenvalue weighted by Crippen LogP contribution is -2.45. The molecule has 2 aromatic carbocycles. The van der Waals surface area contributed by atoms with Gasteiger partial charge in [-0.3, -0.25) is 19.3 Å². The number of carbonyl (C=O) groups is 4. The molecule has 3 rings (SSSR count). The molecule has 0 radical (unpaired) electrons. The highest BCUT2D eigenvalue weighted by Crippen LogP contribution is 2.26. The highest BCUT2D eigenvalue weighted by atomic mass is 16.5. The van der Waals surface area contributed by atoms with Gasteiger partial charge in [0.1, 0.15) is 11.8 Å². The number of carboxylic acid groups (broad SMARTS) is 1. The number of hydrogen-bond acceptors (Lipinski definition) is 5. The number of carboxylic acids is 1. The highest BCUT2D eigenvalue weighted by Gasteiger charge is 2.42. The molecule has 8 nitrogen and oxygen atoms in total. The van der Waals surface area contributed by atoms with E-state index in [-0.39, 0.29) is 36.4 Å². The Bertz CT molecular complexity index is 919. The maximum Gasteiger partial charge on any atom is 0.326 e. The van der Waals surface area contributed by atoms with Crippen molar-refractivity contribution in [3.05, 3.63) is 65.2 Å². The fraction of sp³-hybridized carbons (Fsp3) is 0.238. The van der Waals surface area contributed by atoms with Gasteiger partial charge in [-0.05, 0) is 36.2 Å². The zero-order chi connectivity index (χ0) is 21.0. The van der Waals surface area contributed by atoms with Crippen LogP contribution in [0.25, 0.3) is 0 Å². The van der Waals surface area contributed by atoms with E-state index >= 15 is 0 Å². The number of methoxy groups -OCH3 is 1. The summed E-state index contributed by atoms with van der Waals surface area (Å²) >= 11 is 0. The van der Waals surface area contributed by atoms with Crippen LogP contribution in [0, 0.1) is 0 Å². The molecule has 2 aromatic rings. The zero-order valence-electron chi connectivity index (χ0n) is 15.8. The summed E-state index contributed by atoms with van der Waals surface area (Å²) in [4.78, 5) is 49.5. The van der Waals surface area contributed by atoms with Gasteiger partial charge in [-0.15, -0.1) is 0 Å². The number of fused-ring (bicyclic) bond motifs is 1. The molecule has 8 heteroatoms. The summed E-state index contributed by atoms with van der Waals surface area (Å²) in [6, 6.07) is 11.9. The van der Waals surface area contributed by atoms with E-state index in [9.17, 15) is 24.3 Å². The van der Waals surface area contributed by atoms with Crippen molar-refractivity contribution in [2.24, 2.45) is 0 Å². The summed E-state index contributed by atoms with van der Waals surface area (Å²) in [5, 5.41) is 12.2. The lowest BCUT2D eigenvalue weighted by molar-refractivity contribution is -0.142. The van der Waals surface area contributed by atoms with Crippen LogP contribution in [0.5, 0.6) is 5.75 Å². The Balaban J connectivity index is 1.60. The lowest BCUT2D eigenvalue weighted by Gasteiger charge is -2.22. The third-order valence-electron chi connectivity index (χ3n) is 4.72. The van der Waals surface area contributed by atoms with Gasteiger partial charge in [0.15, 0.2) is 0 Å². The molecule has 0 aliphatic carbocycles. The molecule has 1 aliphatic heterocycles. The Morgan fingerprint density at radius 2 is 1.62 bits per heavy atom. The minimum Gasteiger partial charge on any atom is -0.497 e. The second-order valence-electron chi connectivity index (χ2n) is 6.54. The molecule has 2 N–H and O–H groups in total. The van der Waals surface area contributed by atoms with E-state index in [0.29, 0.717) is 5.75 Å². The maximum atomic E-state index is 12.5. The van der Waals surface area contributed by atoms with Crippen LogP contribution in [0.4, 0.5) is 0 Å². The van der Waals surface area contributed by atoms with Crippen LogP contribution in [0.3, 0.4) is 0 Å². The van der Waals surface area contributed by atoms with Gasteiger partial charge in [-0.2, -0.15) is 0 Å². The first-order valence-corrected chi connectivity index (χ1v) is 9.01. The number of imide groups is 1. The van der Waals surface area contributed by atoms with Gasteiger partial charge in [0.05, 0.1) is 18.2 Å². The van der Waals surface area contributed by atoms with Crippen molar-refractivity contribution in [1.29, 1.82) is 0 Å². The number of aliphatic carboxylic acids is 1. The predicted octanol–water partition coefficient (Wildman–Crippen LogP) is 1.84. The molecule has 1 aliphatic rings. The van der Waals surface area contributed by atoms with E-state index in [4.69, 9.17) is 4.74 Å². The van der Waals surface area contributed by atoms with Gasteiger partial charge in [0, 0.05) is 13.0 Å². The van der Waals surface area contributed by atoms with Crippen molar-refractivity contribution in [2.75, 3.05) is 7.11 Å². The van der Waals surface area contributed by atoms with Crippen LogP contribution in [-0.2, 0) is 16.1 Å². The van der Waals surface area contributed by atoms with Crippen LogP contribution in [-0.4, -0.2) is 46.8 Å². The Kier molecular flexibility index (Phi) is 5.92. The van der Waals surface area contributed by atoms with E-state index in [1.54, 1.807) is 43.5 Å². The summed E-state index contributed by atoms with van der Waals surface area (Å²) in [5.41, 5.74) is 1.20. The van der Waals surface area contributed by atoms with Gasteiger partial charge in [-0.1, -0.05) is 24.3 Å². The quantitative estimate of drug-likeness (QED) is 0.659. The topological polar surface area (TPSA) is 113 Å². The predicted molar refractivity (Wildman–Crippen MR) is 102 cm³/mol. The zero-order valence-corrected chi connectivity index (χ0v) is 15.8. The SMILES string of the molecule is COc1ccc(CNC(=O)CC[C@H](C(=O)O)N2C(=O)c3ccccc3C2=O)cc1. The molecule has 3 amide bonds. The third-order valence-corrected chi connectivity index (χ3v) is 4.72. The fourth-order valence-corrected chi connectivity index (χ4v) is 3.15. The average Bonchev–Trinajstić information content (AvgIpc) is 2.98. The lowest BCUT2D eigenvalue weighted by atomic mass is 10.1. The van der Waals surface area contributed by atoms with Gasteiger partial charge in [0.2, 0.25) is 5.91 Å². The van der Waals surface area contributed by atoms with E-state index in [2.05, 4.69) is 5.32 Å². The van der Waals surface area contributed by atoms with Gasteiger partial charge < -0.3 is 15.2 Å². The molecule has 29 heavy (non-hydrogen) atoms. The van der Waals surface area contributed by atoms with Crippen molar-refractivity contribution in [2.45, 2.75) is 25.4 Å². The molecule has 150 valence electrons. The standard InChI is InChI=1S/C21H20N2O6/c1-29-14-8-6-13(7-9-14)12-22-18(24)11-10-17(21(27)28)23-19(25)15-4-2-3-5-16(15)20(23)26/h2-9,17H,10-12H2,1H3,(H,22,24)(H,27,28)/t17-/m1/s1. The number of carbonyl (C=O) groups excluding carboxylic acids is 3. The molecule has 1 heterocycles. The average molecular weight is 396 g/mol.